The van der Waals surface area contributed by atoms with Crippen LogP contribution >= 0.6 is 0 Å². The van der Waals surface area contributed by atoms with E-state index >= 15 is 0 Å². The standard InChI is InChI=1S/C14H15F3N2O4/c1-13(12(20)23-2)5-6-18(8-13)10-4-3-9(14(15,16)17)7-11(10)19(21)22/h3-4,7H,5-6,8H2,1-2H3. The second-order valence-corrected chi connectivity index (χ2v) is 5.68. The average molecular weight is 332 g/mol. The Kier molecular flexibility index (Phi) is 4.23. The van der Waals surface area contributed by atoms with Crippen LogP contribution in [0.1, 0.15) is 18.9 Å². The summed E-state index contributed by atoms with van der Waals surface area (Å²) in [6.07, 6.45) is -4.26. The topological polar surface area (TPSA) is 72.7 Å². The van der Waals surface area contributed by atoms with Gasteiger partial charge < -0.3 is 9.64 Å². The van der Waals surface area contributed by atoms with E-state index in [1.807, 2.05) is 0 Å². The van der Waals surface area contributed by atoms with E-state index in [2.05, 4.69) is 0 Å². The lowest BCUT2D eigenvalue weighted by Crippen LogP contribution is -2.33. The van der Waals surface area contributed by atoms with Crippen molar-refractivity contribution in [3.63, 3.8) is 0 Å². The van der Waals surface area contributed by atoms with Crippen LogP contribution in [0, 0.1) is 15.5 Å². The SMILES string of the molecule is COC(=O)C1(C)CCN(c2ccc(C(F)(F)F)cc2[N+](=O)[O-])C1. The molecule has 0 radical (unpaired) electrons. The maximum atomic E-state index is 12.7. The molecule has 1 aromatic carbocycles. The van der Waals surface area contributed by atoms with E-state index in [0.29, 0.717) is 19.0 Å². The number of carbonyl (C=O) groups excluding carboxylic acids is 1. The molecular weight excluding hydrogens is 317 g/mol. The van der Waals surface area contributed by atoms with Crippen molar-refractivity contribution in [2.24, 2.45) is 5.41 Å². The minimum Gasteiger partial charge on any atom is -0.469 e. The van der Waals surface area contributed by atoms with Gasteiger partial charge in [-0.25, -0.2) is 0 Å². The van der Waals surface area contributed by atoms with Crippen molar-refractivity contribution in [3.8, 4) is 0 Å². The molecule has 1 heterocycles. The maximum absolute atomic E-state index is 12.7. The monoisotopic (exact) mass is 332 g/mol. The summed E-state index contributed by atoms with van der Waals surface area (Å²) in [6.45, 7) is 2.12. The third-order valence-corrected chi connectivity index (χ3v) is 3.99. The number of nitro groups is 1. The number of nitro benzene ring substituents is 1. The summed E-state index contributed by atoms with van der Waals surface area (Å²) in [4.78, 5) is 23.6. The zero-order chi connectivity index (χ0) is 17.4. The molecule has 126 valence electrons. The summed E-state index contributed by atoms with van der Waals surface area (Å²) in [6, 6.07) is 2.39. The number of methoxy groups -OCH3 is 1. The zero-order valence-corrected chi connectivity index (χ0v) is 12.5. The van der Waals surface area contributed by atoms with Gasteiger partial charge in [0.15, 0.2) is 0 Å². The lowest BCUT2D eigenvalue weighted by molar-refractivity contribution is -0.384. The summed E-state index contributed by atoms with van der Waals surface area (Å²) in [5, 5.41) is 11.1. The molecule has 0 aromatic heterocycles. The second-order valence-electron chi connectivity index (χ2n) is 5.68. The molecule has 1 atom stereocenters. The number of anilines is 1. The molecular formula is C14H15F3N2O4. The Morgan fingerprint density at radius 3 is 2.61 bits per heavy atom. The van der Waals surface area contributed by atoms with Gasteiger partial charge in [0.2, 0.25) is 0 Å². The van der Waals surface area contributed by atoms with E-state index in [-0.39, 0.29) is 12.2 Å². The minimum atomic E-state index is -4.66. The molecule has 0 spiro atoms. The number of alkyl halides is 3. The number of nitrogens with zero attached hydrogens (tertiary/aromatic N) is 2. The van der Waals surface area contributed by atoms with Crippen molar-refractivity contribution in [1.29, 1.82) is 0 Å². The zero-order valence-electron chi connectivity index (χ0n) is 12.5. The van der Waals surface area contributed by atoms with Crippen LogP contribution in [0.4, 0.5) is 24.5 Å². The van der Waals surface area contributed by atoms with Crippen molar-refractivity contribution in [3.05, 3.63) is 33.9 Å². The summed E-state index contributed by atoms with van der Waals surface area (Å²) in [5.41, 5.74) is -2.49. The molecule has 23 heavy (non-hydrogen) atoms. The summed E-state index contributed by atoms with van der Waals surface area (Å²) in [7, 11) is 1.25. The van der Waals surface area contributed by atoms with Gasteiger partial charge in [0, 0.05) is 19.2 Å². The van der Waals surface area contributed by atoms with Gasteiger partial charge in [-0.3, -0.25) is 14.9 Å². The third kappa shape index (κ3) is 3.22. The number of hydrogen-bond acceptors (Lipinski definition) is 5. The predicted octanol–water partition coefficient (Wildman–Crippen LogP) is 3.00. The van der Waals surface area contributed by atoms with E-state index < -0.39 is 33.7 Å². The molecule has 1 aliphatic rings. The molecule has 1 aromatic rings. The molecule has 0 bridgehead atoms. The van der Waals surface area contributed by atoms with E-state index in [1.165, 1.54) is 12.0 Å². The minimum absolute atomic E-state index is 0.0654. The Morgan fingerprint density at radius 2 is 2.09 bits per heavy atom. The van der Waals surface area contributed by atoms with Gasteiger partial charge >= 0.3 is 12.1 Å². The molecule has 1 fully saturated rings. The van der Waals surface area contributed by atoms with E-state index in [0.717, 1.165) is 12.1 Å². The largest absolute Gasteiger partial charge is 0.469 e. The molecule has 0 aliphatic carbocycles. The lowest BCUT2D eigenvalue weighted by atomic mass is 9.90. The maximum Gasteiger partial charge on any atom is 0.416 e. The molecule has 1 aliphatic heterocycles. The molecule has 1 unspecified atom stereocenters. The highest BCUT2D eigenvalue weighted by Gasteiger charge is 2.43. The fraction of sp³-hybridized carbons (Fsp3) is 0.500. The van der Waals surface area contributed by atoms with Gasteiger partial charge in [0.25, 0.3) is 5.69 Å². The van der Waals surface area contributed by atoms with Crippen LogP contribution in [0.2, 0.25) is 0 Å². The number of carbonyl (C=O) groups is 1. The summed E-state index contributed by atoms with van der Waals surface area (Å²) < 4.78 is 42.9. The van der Waals surface area contributed by atoms with Crippen molar-refractivity contribution in [1.82, 2.24) is 0 Å². The number of rotatable bonds is 3. The molecule has 2 rings (SSSR count). The second kappa shape index (κ2) is 5.71. The number of ether oxygens (including phenoxy) is 1. The van der Waals surface area contributed by atoms with Gasteiger partial charge in [0.1, 0.15) is 5.69 Å². The van der Waals surface area contributed by atoms with Crippen molar-refractivity contribution < 1.29 is 27.6 Å². The average Bonchev–Trinajstić information content (AvgIpc) is 2.88. The fourth-order valence-electron chi connectivity index (χ4n) is 2.69. The van der Waals surface area contributed by atoms with Crippen LogP contribution in [0.15, 0.2) is 18.2 Å². The molecule has 6 nitrogen and oxygen atoms in total. The summed E-state index contributed by atoms with van der Waals surface area (Å²) >= 11 is 0. The van der Waals surface area contributed by atoms with Gasteiger partial charge in [-0.15, -0.1) is 0 Å². The first-order valence-electron chi connectivity index (χ1n) is 6.77. The lowest BCUT2D eigenvalue weighted by Gasteiger charge is -2.23. The van der Waals surface area contributed by atoms with Crippen molar-refractivity contribution >= 4 is 17.3 Å². The van der Waals surface area contributed by atoms with Gasteiger partial charge in [0.05, 0.1) is 23.0 Å². The fourth-order valence-corrected chi connectivity index (χ4v) is 2.69. The Labute approximate surface area is 130 Å². The van der Waals surface area contributed by atoms with Crippen molar-refractivity contribution in [2.75, 3.05) is 25.1 Å². The van der Waals surface area contributed by atoms with Crippen LogP contribution in [-0.2, 0) is 15.7 Å². The Balaban J connectivity index is 2.37. The first kappa shape index (κ1) is 17.0. The van der Waals surface area contributed by atoms with E-state index in [4.69, 9.17) is 4.74 Å². The number of halogens is 3. The normalized spacial score (nSPS) is 21.3. The third-order valence-electron chi connectivity index (χ3n) is 3.99. The Bertz CT molecular complexity index is 647. The number of esters is 1. The quantitative estimate of drug-likeness (QED) is 0.483. The smallest absolute Gasteiger partial charge is 0.416 e. The van der Waals surface area contributed by atoms with E-state index in [1.54, 1.807) is 6.92 Å². The Morgan fingerprint density at radius 1 is 1.43 bits per heavy atom. The molecule has 0 amide bonds. The number of benzene rings is 1. The van der Waals surface area contributed by atoms with E-state index in [9.17, 15) is 28.1 Å². The van der Waals surface area contributed by atoms with Gasteiger partial charge in [-0.2, -0.15) is 13.2 Å². The van der Waals surface area contributed by atoms with Gasteiger partial charge in [-0.05, 0) is 25.5 Å². The molecule has 9 heteroatoms. The predicted molar refractivity (Wildman–Crippen MR) is 75.1 cm³/mol. The molecule has 1 saturated heterocycles. The van der Waals surface area contributed by atoms with Crippen LogP contribution in [0.25, 0.3) is 0 Å². The highest BCUT2D eigenvalue weighted by molar-refractivity contribution is 5.79. The van der Waals surface area contributed by atoms with Crippen molar-refractivity contribution in [2.45, 2.75) is 19.5 Å². The molecule has 0 N–H and O–H groups in total. The first-order valence-corrected chi connectivity index (χ1v) is 6.77. The number of hydrogen-bond donors (Lipinski definition) is 0. The van der Waals surface area contributed by atoms with Crippen LogP contribution in [0.5, 0.6) is 0 Å². The van der Waals surface area contributed by atoms with Crippen LogP contribution < -0.4 is 4.90 Å². The van der Waals surface area contributed by atoms with Crippen LogP contribution in [-0.4, -0.2) is 31.1 Å². The van der Waals surface area contributed by atoms with Crippen LogP contribution in [0.3, 0.4) is 0 Å². The highest BCUT2D eigenvalue weighted by Crippen LogP contribution is 2.40. The Hall–Kier alpha value is -2.32. The summed E-state index contributed by atoms with van der Waals surface area (Å²) in [5.74, 6) is -0.449. The first-order chi connectivity index (χ1) is 10.6. The van der Waals surface area contributed by atoms with Gasteiger partial charge in [-0.1, -0.05) is 0 Å². The highest BCUT2D eigenvalue weighted by atomic mass is 19.4. The molecule has 0 saturated carbocycles.